The molecule has 0 bridgehead atoms. The summed E-state index contributed by atoms with van der Waals surface area (Å²) in [6.45, 7) is 3.70. The van der Waals surface area contributed by atoms with Gasteiger partial charge in [0.05, 0.1) is 12.0 Å². The summed E-state index contributed by atoms with van der Waals surface area (Å²) in [5, 5.41) is 19.3. The average Bonchev–Trinajstić information content (AvgIpc) is 2.74. The number of aliphatic hydroxyl groups excluding tert-OH is 1. The van der Waals surface area contributed by atoms with Gasteiger partial charge in [-0.15, -0.1) is 0 Å². The Balaban J connectivity index is 2.27. The quantitative estimate of drug-likeness (QED) is 0.854. The summed E-state index contributed by atoms with van der Waals surface area (Å²) in [4.78, 5) is 11.2. The molecule has 1 aliphatic heterocycles. The largest absolute Gasteiger partial charge is 0.481 e. The van der Waals surface area contributed by atoms with Gasteiger partial charge >= 0.3 is 5.97 Å². The molecule has 1 heterocycles. The van der Waals surface area contributed by atoms with Gasteiger partial charge < -0.3 is 19.7 Å². The zero-order valence-electron chi connectivity index (χ0n) is 10.3. The average molecular weight is 252 g/mol. The smallest absolute Gasteiger partial charge is 0.309 e. The van der Waals surface area contributed by atoms with Gasteiger partial charge in [0.2, 0.25) is 6.79 Å². The summed E-state index contributed by atoms with van der Waals surface area (Å²) < 4.78 is 10.4. The summed E-state index contributed by atoms with van der Waals surface area (Å²) in [7, 11) is 0. The van der Waals surface area contributed by atoms with Crippen molar-refractivity contribution in [1.82, 2.24) is 0 Å². The van der Waals surface area contributed by atoms with Crippen molar-refractivity contribution in [2.45, 2.75) is 20.0 Å². The lowest BCUT2D eigenvalue weighted by Gasteiger charge is -2.22. The third-order valence-electron chi connectivity index (χ3n) is 3.08. The minimum Gasteiger partial charge on any atom is -0.481 e. The Morgan fingerprint density at radius 1 is 1.28 bits per heavy atom. The highest BCUT2D eigenvalue weighted by Crippen LogP contribution is 2.37. The topological polar surface area (TPSA) is 76.0 Å². The van der Waals surface area contributed by atoms with Crippen LogP contribution in [0.4, 0.5) is 0 Å². The van der Waals surface area contributed by atoms with Crippen molar-refractivity contribution in [3.8, 4) is 11.5 Å². The van der Waals surface area contributed by atoms with E-state index in [0.29, 0.717) is 17.1 Å². The van der Waals surface area contributed by atoms with Gasteiger partial charge in [-0.1, -0.05) is 19.9 Å². The number of ether oxygens (including phenoxy) is 2. The molecule has 18 heavy (non-hydrogen) atoms. The van der Waals surface area contributed by atoms with Gasteiger partial charge in [-0.25, -0.2) is 0 Å². The highest BCUT2D eigenvalue weighted by atomic mass is 16.7. The van der Waals surface area contributed by atoms with Gasteiger partial charge in [-0.3, -0.25) is 4.79 Å². The summed E-state index contributed by atoms with van der Waals surface area (Å²) in [6.07, 6.45) is -1.06. The highest BCUT2D eigenvalue weighted by molar-refractivity contribution is 5.71. The Labute approximate surface area is 105 Å². The maximum atomic E-state index is 11.2. The molecule has 0 saturated carbocycles. The number of hydrogen-bond acceptors (Lipinski definition) is 4. The molecule has 5 nitrogen and oxygen atoms in total. The fourth-order valence-electron chi connectivity index (χ4n) is 2.09. The Kier molecular flexibility index (Phi) is 3.43. The molecule has 2 N–H and O–H groups in total. The predicted octanol–water partition coefficient (Wildman–Crippen LogP) is 1.81. The Morgan fingerprint density at radius 3 is 2.56 bits per heavy atom. The van der Waals surface area contributed by atoms with Crippen molar-refractivity contribution in [2.24, 2.45) is 11.8 Å². The summed E-state index contributed by atoms with van der Waals surface area (Å²) in [5.41, 5.74) is 0.528. The minimum atomic E-state index is -1.06. The third-order valence-corrected chi connectivity index (χ3v) is 3.08. The minimum absolute atomic E-state index is 0.154. The van der Waals surface area contributed by atoms with Crippen LogP contribution in [0.2, 0.25) is 0 Å². The number of carboxylic acid groups (broad SMARTS) is 1. The Bertz CT molecular complexity index is 455. The van der Waals surface area contributed by atoms with Crippen LogP contribution < -0.4 is 9.47 Å². The lowest BCUT2D eigenvalue weighted by Crippen LogP contribution is -2.26. The second-order valence-electron chi connectivity index (χ2n) is 4.67. The van der Waals surface area contributed by atoms with E-state index >= 15 is 0 Å². The zero-order valence-corrected chi connectivity index (χ0v) is 10.3. The van der Waals surface area contributed by atoms with Crippen LogP contribution in [-0.4, -0.2) is 23.0 Å². The van der Waals surface area contributed by atoms with Crippen molar-refractivity contribution in [2.75, 3.05) is 6.79 Å². The summed E-state index contributed by atoms with van der Waals surface area (Å²) in [6, 6.07) is 4.97. The SMILES string of the molecule is CC(C)C(C(=O)O)C(O)c1ccc2c(c1)OCO2. The Hall–Kier alpha value is -1.75. The van der Waals surface area contributed by atoms with Crippen LogP contribution in [0, 0.1) is 11.8 Å². The van der Waals surface area contributed by atoms with Gasteiger partial charge in [0.25, 0.3) is 0 Å². The van der Waals surface area contributed by atoms with E-state index in [2.05, 4.69) is 0 Å². The van der Waals surface area contributed by atoms with Crippen molar-refractivity contribution in [3.63, 3.8) is 0 Å². The summed E-state index contributed by atoms with van der Waals surface area (Å²) >= 11 is 0. The molecule has 0 radical (unpaired) electrons. The van der Waals surface area contributed by atoms with E-state index in [4.69, 9.17) is 14.6 Å². The summed E-state index contributed by atoms with van der Waals surface area (Å²) in [5.74, 6) is -0.856. The van der Waals surface area contributed by atoms with Crippen molar-refractivity contribution in [3.05, 3.63) is 23.8 Å². The van der Waals surface area contributed by atoms with E-state index in [9.17, 15) is 9.90 Å². The van der Waals surface area contributed by atoms with Crippen LogP contribution in [0.3, 0.4) is 0 Å². The first kappa shape index (κ1) is 12.7. The second-order valence-corrected chi connectivity index (χ2v) is 4.67. The van der Waals surface area contributed by atoms with Crippen LogP contribution in [0.15, 0.2) is 18.2 Å². The van der Waals surface area contributed by atoms with E-state index in [0.717, 1.165) is 0 Å². The second kappa shape index (κ2) is 4.86. The van der Waals surface area contributed by atoms with Gasteiger partial charge in [0.1, 0.15) is 0 Å². The molecule has 2 atom stereocenters. The third kappa shape index (κ3) is 2.26. The number of aliphatic carboxylic acids is 1. The molecule has 0 aromatic heterocycles. The van der Waals surface area contributed by atoms with Crippen molar-refractivity contribution >= 4 is 5.97 Å². The first-order valence-corrected chi connectivity index (χ1v) is 5.81. The molecule has 2 unspecified atom stereocenters. The maximum Gasteiger partial charge on any atom is 0.309 e. The number of carboxylic acids is 1. The number of carbonyl (C=O) groups is 1. The van der Waals surface area contributed by atoms with Crippen LogP contribution >= 0.6 is 0 Å². The van der Waals surface area contributed by atoms with E-state index < -0.39 is 18.0 Å². The van der Waals surface area contributed by atoms with Gasteiger partial charge in [-0.2, -0.15) is 0 Å². The molecule has 0 fully saturated rings. The number of fused-ring (bicyclic) bond motifs is 1. The molecular formula is C13H16O5. The molecule has 1 aromatic rings. The monoisotopic (exact) mass is 252 g/mol. The maximum absolute atomic E-state index is 11.2. The first-order chi connectivity index (χ1) is 8.50. The Morgan fingerprint density at radius 2 is 1.94 bits per heavy atom. The number of aliphatic hydroxyl groups is 1. The lowest BCUT2D eigenvalue weighted by atomic mass is 9.86. The molecule has 2 rings (SSSR count). The molecule has 0 spiro atoms. The van der Waals surface area contributed by atoms with E-state index in [1.807, 2.05) is 0 Å². The standard InChI is InChI=1S/C13H16O5/c1-7(2)11(13(15)16)12(14)8-3-4-9-10(5-8)18-6-17-9/h3-5,7,11-12,14H,6H2,1-2H3,(H,15,16). The first-order valence-electron chi connectivity index (χ1n) is 5.81. The lowest BCUT2D eigenvalue weighted by molar-refractivity contribution is -0.148. The van der Waals surface area contributed by atoms with Crippen LogP contribution in [0.5, 0.6) is 11.5 Å². The molecule has 0 amide bonds. The predicted molar refractivity (Wildman–Crippen MR) is 63.5 cm³/mol. The van der Waals surface area contributed by atoms with E-state index in [1.165, 1.54) is 0 Å². The van der Waals surface area contributed by atoms with Gasteiger partial charge in [-0.05, 0) is 23.6 Å². The van der Waals surface area contributed by atoms with Crippen molar-refractivity contribution < 1.29 is 24.5 Å². The van der Waals surface area contributed by atoms with Crippen LogP contribution in [-0.2, 0) is 4.79 Å². The van der Waals surface area contributed by atoms with Crippen LogP contribution in [0.1, 0.15) is 25.5 Å². The van der Waals surface area contributed by atoms with Crippen LogP contribution in [0.25, 0.3) is 0 Å². The molecular weight excluding hydrogens is 236 g/mol. The molecule has 1 aliphatic rings. The zero-order chi connectivity index (χ0) is 13.3. The molecule has 0 aliphatic carbocycles. The number of hydrogen-bond donors (Lipinski definition) is 2. The normalized spacial score (nSPS) is 16.7. The number of rotatable bonds is 4. The number of benzene rings is 1. The van der Waals surface area contributed by atoms with E-state index in [1.54, 1.807) is 32.0 Å². The molecule has 1 aromatic carbocycles. The van der Waals surface area contributed by atoms with Crippen molar-refractivity contribution in [1.29, 1.82) is 0 Å². The van der Waals surface area contributed by atoms with E-state index in [-0.39, 0.29) is 12.7 Å². The molecule has 0 saturated heterocycles. The molecule has 5 heteroatoms. The highest BCUT2D eigenvalue weighted by Gasteiger charge is 2.31. The molecule has 98 valence electrons. The fourth-order valence-corrected chi connectivity index (χ4v) is 2.09. The fraction of sp³-hybridized carbons (Fsp3) is 0.462. The van der Waals surface area contributed by atoms with Gasteiger partial charge in [0, 0.05) is 0 Å². The van der Waals surface area contributed by atoms with Gasteiger partial charge in [0.15, 0.2) is 11.5 Å².